The standard InChI is InChI=1S/C10H12O3/c1-6-3-4-8-9(5-6)13-10(12-8)7(2)11/h3-5,7,10-11H,1-2H3. The smallest absolute Gasteiger partial charge is 0.266 e. The van der Waals surface area contributed by atoms with Crippen molar-refractivity contribution < 1.29 is 14.6 Å². The van der Waals surface area contributed by atoms with Gasteiger partial charge in [0.05, 0.1) is 0 Å². The van der Waals surface area contributed by atoms with Crippen molar-refractivity contribution in [2.45, 2.75) is 26.2 Å². The zero-order valence-electron chi connectivity index (χ0n) is 7.65. The zero-order chi connectivity index (χ0) is 9.42. The Morgan fingerprint density at radius 2 is 2.00 bits per heavy atom. The predicted octanol–water partition coefficient (Wildman–Crippen LogP) is 1.47. The van der Waals surface area contributed by atoms with Gasteiger partial charge in [-0.05, 0) is 31.5 Å². The lowest BCUT2D eigenvalue weighted by Gasteiger charge is -2.11. The first-order valence-electron chi connectivity index (χ1n) is 4.29. The minimum Gasteiger partial charge on any atom is -0.448 e. The molecule has 0 spiro atoms. The van der Waals surface area contributed by atoms with Gasteiger partial charge in [-0.2, -0.15) is 0 Å². The fourth-order valence-electron chi connectivity index (χ4n) is 1.28. The quantitative estimate of drug-likeness (QED) is 0.711. The van der Waals surface area contributed by atoms with E-state index in [-0.39, 0.29) is 0 Å². The second kappa shape index (κ2) is 2.92. The van der Waals surface area contributed by atoms with Crippen molar-refractivity contribution in [3.8, 4) is 11.5 Å². The van der Waals surface area contributed by atoms with Gasteiger partial charge in [0.15, 0.2) is 11.5 Å². The number of hydrogen-bond donors (Lipinski definition) is 1. The first-order chi connectivity index (χ1) is 6.16. The number of rotatable bonds is 1. The maximum atomic E-state index is 9.24. The van der Waals surface area contributed by atoms with Gasteiger partial charge in [-0.25, -0.2) is 0 Å². The Hall–Kier alpha value is -1.22. The highest BCUT2D eigenvalue weighted by Crippen LogP contribution is 2.35. The Morgan fingerprint density at radius 3 is 2.69 bits per heavy atom. The molecule has 3 nitrogen and oxygen atoms in total. The first kappa shape index (κ1) is 8.38. The van der Waals surface area contributed by atoms with Gasteiger partial charge in [0.25, 0.3) is 6.29 Å². The van der Waals surface area contributed by atoms with Crippen LogP contribution in [0.1, 0.15) is 12.5 Å². The molecule has 3 heteroatoms. The van der Waals surface area contributed by atoms with Gasteiger partial charge in [0.2, 0.25) is 0 Å². The van der Waals surface area contributed by atoms with Gasteiger partial charge >= 0.3 is 0 Å². The third-order valence-electron chi connectivity index (χ3n) is 1.98. The maximum Gasteiger partial charge on any atom is 0.266 e. The minimum absolute atomic E-state index is 0.559. The molecule has 0 fully saturated rings. The fraction of sp³-hybridized carbons (Fsp3) is 0.400. The molecule has 1 heterocycles. The topological polar surface area (TPSA) is 38.7 Å². The molecule has 2 unspecified atom stereocenters. The van der Waals surface area contributed by atoms with Crippen molar-refractivity contribution >= 4 is 0 Å². The highest BCUT2D eigenvalue weighted by Gasteiger charge is 2.27. The summed E-state index contributed by atoms with van der Waals surface area (Å²) in [5.74, 6) is 1.42. The molecule has 13 heavy (non-hydrogen) atoms. The molecule has 1 aliphatic rings. The largest absolute Gasteiger partial charge is 0.448 e. The molecule has 1 aromatic carbocycles. The highest BCUT2D eigenvalue weighted by atomic mass is 16.7. The number of aliphatic hydroxyl groups excluding tert-OH is 1. The van der Waals surface area contributed by atoms with E-state index in [0.29, 0.717) is 11.5 Å². The summed E-state index contributed by atoms with van der Waals surface area (Å²) in [5, 5.41) is 9.24. The number of aryl methyl sites for hydroxylation is 1. The molecule has 0 bridgehead atoms. The lowest BCUT2D eigenvalue weighted by Crippen LogP contribution is -2.30. The van der Waals surface area contributed by atoms with E-state index in [1.54, 1.807) is 6.92 Å². The second-order valence-corrected chi connectivity index (χ2v) is 3.29. The minimum atomic E-state index is -0.618. The molecule has 0 aromatic heterocycles. The SMILES string of the molecule is Cc1ccc2c(c1)OC(C(C)O)O2. The molecule has 0 aliphatic carbocycles. The van der Waals surface area contributed by atoms with Crippen LogP contribution < -0.4 is 9.47 Å². The van der Waals surface area contributed by atoms with Gasteiger partial charge < -0.3 is 14.6 Å². The van der Waals surface area contributed by atoms with Crippen LogP contribution in [0.2, 0.25) is 0 Å². The van der Waals surface area contributed by atoms with Crippen LogP contribution in [-0.2, 0) is 0 Å². The Kier molecular flexibility index (Phi) is 1.88. The van der Waals surface area contributed by atoms with Crippen LogP contribution in [0.15, 0.2) is 18.2 Å². The summed E-state index contributed by atoms with van der Waals surface area (Å²) in [5.41, 5.74) is 1.12. The normalized spacial score (nSPS) is 21.6. The molecule has 1 aliphatic heterocycles. The number of ether oxygens (including phenoxy) is 2. The molecule has 2 atom stereocenters. The summed E-state index contributed by atoms with van der Waals surface area (Å²) < 4.78 is 10.7. The van der Waals surface area contributed by atoms with Crippen LogP contribution >= 0.6 is 0 Å². The summed E-state index contributed by atoms with van der Waals surface area (Å²) in [6, 6.07) is 5.71. The Balaban J connectivity index is 2.25. The van der Waals surface area contributed by atoms with Crippen LogP contribution in [0.25, 0.3) is 0 Å². The molecule has 0 radical (unpaired) electrons. The monoisotopic (exact) mass is 180 g/mol. The molecule has 2 rings (SSSR count). The Bertz CT molecular complexity index is 320. The van der Waals surface area contributed by atoms with Crippen LogP contribution in [0.5, 0.6) is 11.5 Å². The van der Waals surface area contributed by atoms with Gasteiger partial charge in [0.1, 0.15) is 6.10 Å². The summed E-state index contributed by atoms with van der Waals surface area (Å²) in [4.78, 5) is 0. The van der Waals surface area contributed by atoms with Crippen molar-refractivity contribution in [1.29, 1.82) is 0 Å². The predicted molar refractivity (Wildman–Crippen MR) is 47.9 cm³/mol. The lowest BCUT2D eigenvalue weighted by atomic mass is 10.2. The molecule has 0 saturated heterocycles. The summed E-state index contributed by atoms with van der Waals surface area (Å²) >= 11 is 0. The highest BCUT2D eigenvalue weighted by molar-refractivity contribution is 5.44. The van der Waals surface area contributed by atoms with E-state index in [2.05, 4.69) is 0 Å². The number of aliphatic hydroxyl groups is 1. The van der Waals surface area contributed by atoms with Gasteiger partial charge in [-0.1, -0.05) is 6.07 Å². The van der Waals surface area contributed by atoms with Crippen molar-refractivity contribution in [2.24, 2.45) is 0 Å². The van der Waals surface area contributed by atoms with Crippen LogP contribution in [0.3, 0.4) is 0 Å². The second-order valence-electron chi connectivity index (χ2n) is 3.29. The van der Waals surface area contributed by atoms with Gasteiger partial charge in [-0.15, -0.1) is 0 Å². The molecule has 70 valence electrons. The van der Waals surface area contributed by atoms with E-state index < -0.39 is 12.4 Å². The number of fused-ring (bicyclic) bond motifs is 1. The summed E-state index contributed by atoms with van der Waals surface area (Å²) in [7, 11) is 0. The summed E-state index contributed by atoms with van der Waals surface area (Å²) in [6.45, 7) is 3.63. The van der Waals surface area contributed by atoms with E-state index in [4.69, 9.17) is 9.47 Å². The molecule has 1 aromatic rings. The van der Waals surface area contributed by atoms with E-state index in [9.17, 15) is 5.11 Å². The molecule has 1 N–H and O–H groups in total. The van der Waals surface area contributed by atoms with E-state index >= 15 is 0 Å². The Labute approximate surface area is 76.9 Å². The van der Waals surface area contributed by atoms with E-state index in [1.807, 2.05) is 25.1 Å². The molecule has 0 saturated carbocycles. The third-order valence-corrected chi connectivity index (χ3v) is 1.98. The fourth-order valence-corrected chi connectivity index (χ4v) is 1.28. The average molecular weight is 180 g/mol. The van der Waals surface area contributed by atoms with Crippen molar-refractivity contribution in [3.63, 3.8) is 0 Å². The van der Waals surface area contributed by atoms with E-state index in [0.717, 1.165) is 5.56 Å². The molecular weight excluding hydrogens is 168 g/mol. The number of benzene rings is 1. The Morgan fingerprint density at radius 1 is 1.31 bits per heavy atom. The van der Waals surface area contributed by atoms with Crippen LogP contribution in [0.4, 0.5) is 0 Å². The first-order valence-corrected chi connectivity index (χ1v) is 4.29. The summed E-state index contributed by atoms with van der Waals surface area (Å²) in [6.07, 6.45) is -1.18. The number of hydrogen-bond acceptors (Lipinski definition) is 3. The van der Waals surface area contributed by atoms with Gasteiger partial charge in [-0.3, -0.25) is 0 Å². The van der Waals surface area contributed by atoms with Crippen molar-refractivity contribution in [2.75, 3.05) is 0 Å². The molecule has 0 amide bonds. The third kappa shape index (κ3) is 1.47. The average Bonchev–Trinajstić information content (AvgIpc) is 2.46. The molecular formula is C10H12O3. The van der Waals surface area contributed by atoms with Crippen molar-refractivity contribution in [3.05, 3.63) is 23.8 Å². The van der Waals surface area contributed by atoms with Crippen LogP contribution in [0, 0.1) is 6.92 Å². The van der Waals surface area contributed by atoms with Crippen LogP contribution in [-0.4, -0.2) is 17.5 Å². The van der Waals surface area contributed by atoms with E-state index in [1.165, 1.54) is 0 Å². The zero-order valence-corrected chi connectivity index (χ0v) is 7.65. The van der Waals surface area contributed by atoms with Crippen molar-refractivity contribution in [1.82, 2.24) is 0 Å². The lowest BCUT2D eigenvalue weighted by molar-refractivity contribution is -0.0495. The van der Waals surface area contributed by atoms with Gasteiger partial charge in [0, 0.05) is 0 Å². The maximum absolute atomic E-state index is 9.24.